The van der Waals surface area contributed by atoms with Crippen molar-refractivity contribution in [2.45, 2.75) is 57.9 Å². The maximum atomic E-state index is 14.3. The van der Waals surface area contributed by atoms with Gasteiger partial charge in [-0.1, -0.05) is 12.1 Å². The smallest absolute Gasteiger partial charge is 0.266 e. The van der Waals surface area contributed by atoms with Crippen LogP contribution in [-0.2, 0) is 11.2 Å². The average Bonchev–Trinajstić information content (AvgIpc) is 2.76. The van der Waals surface area contributed by atoms with E-state index < -0.39 is 17.8 Å². The first-order chi connectivity index (χ1) is 9.90. The Balaban J connectivity index is 2.04. The Morgan fingerprint density at radius 1 is 1.29 bits per heavy atom. The van der Waals surface area contributed by atoms with Crippen molar-refractivity contribution in [1.82, 2.24) is 4.90 Å². The van der Waals surface area contributed by atoms with Crippen molar-refractivity contribution in [2.75, 3.05) is 6.54 Å². The molecule has 0 radical (unpaired) electrons. The van der Waals surface area contributed by atoms with Crippen LogP contribution in [0.2, 0.25) is 0 Å². The molecule has 1 fully saturated rings. The second-order valence-corrected chi connectivity index (χ2v) is 6.26. The lowest BCUT2D eigenvalue weighted by molar-refractivity contribution is -0.116. The van der Waals surface area contributed by atoms with Gasteiger partial charge in [0.05, 0.1) is 23.8 Å². The number of ether oxygens (including phenoxy) is 1. The number of halogens is 3. The number of nitrogens with zero attached hydrogens (tertiary/aromatic N) is 1. The van der Waals surface area contributed by atoms with E-state index in [1.165, 1.54) is 6.07 Å². The third-order valence-corrected chi connectivity index (χ3v) is 4.52. The van der Waals surface area contributed by atoms with E-state index in [9.17, 15) is 13.2 Å². The fourth-order valence-corrected chi connectivity index (χ4v) is 3.62. The highest BCUT2D eigenvalue weighted by molar-refractivity contribution is 5.42. The molecular formula is C16H20F3NO. The van der Waals surface area contributed by atoms with E-state index in [0.717, 1.165) is 12.1 Å². The SMILES string of the molecule is CC1CN(C(C)C)[C@H]2c3ccc(C(F)F)c(F)c3C[C@H]2O1. The summed E-state index contributed by atoms with van der Waals surface area (Å²) in [6.45, 7) is 6.96. The molecule has 21 heavy (non-hydrogen) atoms. The maximum absolute atomic E-state index is 14.3. The molecule has 2 aliphatic rings. The minimum Gasteiger partial charge on any atom is -0.372 e. The van der Waals surface area contributed by atoms with E-state index >= 15 is 0 Å². The lowest BCUT2D eigenvalue weighted by Gasteiger charge is -2.43. The zero-order valence-corrected chi connectivity index (χ0v) is 12.4. The molecule has 3 atom stereocenters. The molecule has 0 bridgehead atoms. The van der Waals surface area contributed by atoms with Crippen molar-refractivity contribution < 1.29 is 17.9 Å². The minimum absolute atomic E-state index is 0.0302. The first-order valence-electron chi connectivity index (χ1n) is 7.40. The van der Waals surface area contributed by atoms with Gasteiger partial charge in [-0.2, -0.15) is 0 Å². The van der Waals surface area contributed by atoms with Gasteiger partial charge in [-0.3, -0.25) is 4.90 Å². The van der Waals surface area contributed by atoms with Crippen molar-refractivity contribution in [3.8, 4) is 0 Å². The molecule has 1 unspecified atom stereocenters. The second-order valence-electron chi connectivity index (χ2n) is 6.26. The highest BCUT2D eigenvalue weighted by Gasteiger charge is 2.44. The predicted molar refractivity (Wildman–Crippen MR) is 74.0 cm³/mol. The van der Waals surface area contributed by atoms with Crippen molar-refractivity contribution in [2.24, 2.45) is 0 Å². The number of fused-ring (bicyclic) bond motifs is 3. The molecule has 3 rings (SSSR count). The summed E-state index contributed by atoms with van der Waals surface area (Å²) in [5.41, 5.74) is 0.710. The molecule has 1 saturated heterocycles. The Hall–Kier alpha value is -1.07. The van der Waals surface area contributed by atoms with Gasteiger partial charge >= 0.3 is 0 Å². The van der Waals surface area contributed by atoms with Crippen LogP contribution in [0.3, 0.4) is 0 Å². The summed E-state index contributed by atoms with van der Waals surface area (Å²) < 4.78 is 46.0. The van der Waals surface area contributed by atoms with Crippen molar-refractivity contribution >= 4 is 0 Å². The van der Waals surface area contributed by atoms with Crippen LogP contribution in [0.15, 0.2) is 12.1 Å². The van der Waals surface area contributed by atoms with Crippen LogP contribution in [0.25, 0.3) is 0 Å². The van der Waals surface area contributed by atoms with Gasteiger partial charge in [0.25, 0.3) is 6.43 Å². The van der Waals surface area contributed by atoms with Crippen LogP contribution in [-0.4, -0.2) is 29.7 Å². The first kappa shape index (κ1) is 14.9. The normalized spacial score (nSPS) is 29.0. The number of hydrogen-bond acceptors (Lipinski definition) is 2. The highest BCUT2D eigenvalue weighted by Crippen LogP contribution is 2.44. The van der Waals surface area contributed by atoms with Gasteiger partial charge in [0.2, 0.25) is 0 Å². The lowest BCUT2D eigenvalue weighted by atomic mass is 10.0. The fourth-order valence-electron chi connectivity index (χ4n) is 3.62. The second kappa shape index (κ2) is 5.29. The summed E-state index contributed by atoms with van der Waals surface area (Å²) in [6.07, 6.45) is -2.48. The molecule has 116 valence electrons. The zero-order valence-electron chi connectivity index (χ0n) is 12.4. The van der Waals surface area contributed by atoms with Gasteiger partial charge in [0, 0.05) is 19.0 Å². The van der Waals surface area contributed by atoms with Crippen molar-refractivity contribution in [3.05, 3.63) is 34.6 Å². The van der Waals surface area contributed by atoms with Gasteiger partial charge in [-0.15, -0.1) is 0 Å². The van der Waals surface area contributed by atoms with Crippen LogP contribution in [0, 0.1) is 5.82 Å². The Kier molecular flexibility index (Phi) is 3.74. The standard InChI is InChI=1S/C16H20F3NO/c1-8(2)20-7-9(3)21-13-6-12-10(15(13)20)4-5-11(14(12)17)16(18)19/h4-5,8-9,13,15-16H,6-7H2,1-3H3/t9?,13-,15+/m1/s1. The Labute approximate surface area is 122 Å². The van der Waals surface area contributed by atoms with E-state index in [1.54, 1.807) is 6.07 Å². The summed E-state index contributed by atoms with van der Waals surface area (Å²) in [5.74, 6) is -0.753. The van der Waals surface area contributed by atoms with Crippen molar-refractivity contribution in [3.63, 3.8) is 0 Å². The van der Waals surface area contributed by atoms with Crippen LogP contribution in [0.5, 0.6) is 0 Å². The summed E-state index contributed by atoms with van der Waals surface area (Å²) in [7, 11) is 0. The molecule has 1 aromatic carbocycles. The summed E-state index contributed by atoms with van der Waals surface area (Å²) in [6, 6.07) is 3.14. The number of benzene rings is 1. The lowest BCUT2D eigenvalue weighted by Crippen LogP contribution is -2.50. The molecule has 0 N–H and O–H groups in total. The van der Waals surface area contributed by atoms with Gasteiger partial charge < -0.3 is 4.74 Å². The molecule has 0 aromatic heterocycles. The van der Waals surface area contributed by atoms with Crippen LogP contribution < -0.4 is 0 Å². The molecule has 1 aromatic rings. The molecule has 0 amide bonds. The summed E-state index contributed by atoms with van der Waals surface area (Å²) >= 11 is 0. The van der Waals surface area contributed by atoms with Crippen LogP contribution in [0.4, 0.5) is 13.2 Å². The average molecular weight is 299 g/mol. The molecular weight excluding hydrogens is 279 g/mol. The molecule has 5 heteroatoms. The van der Waals surface area contributed by atoms with Gasteiger partial charge in [-0.25, -0.2) is 13.2 Å². The summed E-state index contributed by atoms with van der Waals surface area (Å²) in [5, 5.41) is 0. The Bertz CT molecular complexity index is 547. The maximum Gasteiger partial charge on any atom is 0.266 e. The number of alkyl halides is 2. The van der Waals surface area contributed by atoms with Crippen molar-refractivity contribution in [1.29, 1.82) is 0 Å². The molecule has 1 heterocycles. The number of hydrogen-bond donors (Lipinski definition) is 0. The predicted octanol–water partition coefficient (Wildman–Crippen LogP) is 3.86. The summed E-state index contributed by atoms with van der Waals surface area (Å²) in [4.78, 5) is 2.28. The number of morpholine rings is 1. The Morgan fingerprint density at radius 3 is 2.62 bits per heavy atom. The fraction of sp³-hybridized carbons (Fsp3) is 0.625. The zero-order chi connectivity index (χ0) is 15.3. The van der Waals surface area contributed by atoms with E-state index in [2.05, 4.69) is 18.7 Å². The van der Waals surface area contributed by atoms with E-state index in [1.807, 2.05) is 6.92 Å². The molecule has 0 spiro atoms. The van der Waals surface area contributed by atoms with E-state index in [-0.39, 0.29) is 18.2 Å². The minimum atomic E-state index is -2.78. The Morgan fingerprint density at radius 2 is 2.00 bits per heavy atom. The first-order valence-corrected chi connectivity index (χ1v) is 7.40. The third-order valence-electron chi connectivity index (χ3n) is 4.52. The van der Waals surface area contributed by atoms with Gasteiger partial charge in [-0.05, 0) is 31.9 Å². The van der Waals surface area contributed by atoms with Gasteiger partial charge in [0.1, 0.15) is 5.82 Å². The number of rotatable bonds is 2. The topological polar surface area (TPSA) is 12.5 Å². The van der Waals surface area contributed by atoms with E-state index in [4.69, 9.17) is 4.74 Å². The molecule has 1 aliphatic carbocycles. The third kappa shape index (κ3) is 2.36. The van der Waals surface area contributed by atoms with E-state index in [0.29, 0.717) is 18.0 Å². The monoisotopic (exact) mass is 299 g/mol. The largest absolute Gasteiger partial charge is 0.372 e. The molecule has 1 aliphatic heterocycles. The quantitative estimate of drug-likeness (QED) is 0.822. The highest BCUT2D eigenvalue weighted by atomic mass is 19.3. The van der Waals surface area contributed by atoms with Crippen LogP contribution >= 0.6 is 0 Å². The van der Waals surface area contributed by atoms with Gasteiger partial charge in [0.15, 0.2) is 0 Å². The molecule has 2 nitrogen and oxygen atoms in total. The van der Waals surface area contributed by atoms with Crippen LogP contribution in [0.1, 0.15) is 49.9 Å². The molecule has 0 saturated carbocycles.